The standard InChI is InChI=1S/C46H41N/c1-5-46(6-2)41-25-23-33(28-39(41)38-26-31-15-7-8-16-32(31)27-43(38)46)47(44-21-13-17-30-14-9-10-18-35(30)44)34-22-24-37-36-19-11-12-20-40(36)45(3,4)42(37)29-34/h7-30,35H,5-6H2,1-4H3. The van der Waals surface area contributed by atoms with E-state index in [0.717, 1.165) is 12.8 Å². The van der Waals surface area contributed by atoms with E-state index in [9.17, 15) is 0 Å². The van der Waals surface area contributed by atoms with Gasteiger partial charge in [-0.2, -0.15) is 0 Å². The number of hydrogen-bond acceptors (Lipinski definition) is 1. The lowest BCUT2D eigenvalue weighted by molar-refractivity contribution is 0.491. The molecule has 9 rings (SSSR count). The molecule has 0 aromatic heterocycles. The lowest BCUT2D eigenvalue weighted by atomic mass is 9.73. The van der Waals surface area contributed by atoms with Gasteiger partial charge in [-0.15, -0.1) is 0 Å². The van der Waals surface area contributed by atoms with Crippen molar-refractivity contribution < 1.29 is 0 Å². The summed E-state index contributed by atoms with van der Waals surface area (Å²) >= 11 is 0. The van der Waals surface area contributed by atoms with Crippen LogP contribution in [0, 0.1) is 11.8 Å². The second kappa shape index (κ2) is 10.3. The SMILES string of the molecule is CCC1(CC)c2ccc(N(C3=CC=CC4C=CC=CC34)c3ccc4c(c3)C(C)(C)c3ccccc3-4)cc2-c2cc3ccccc3cc21. The number of benzene rings is 5. The molecule has 5 aromatic rings. The molecular formula is C46H41N. The Bertz CT molecular complexity index is 2220. The molecular weight excluding hydrogens is 567 g/mol. The third-order valence-electron chi connectivity index (χ3n) is 11.9. The van der Waals surface area contributed by atoms with E-state index in [1.54, 1.807) is 0 Å². The summed E-state index contributed by atoms with van der Waals surface area (Å²) in [6.45, 7) is 9.49. The van der Waals surface area contributed by atoms with Crippen molar-refractivity contribution in [1.82, 2.24) is 0 Å². The average Bonchev–Trinajstić information content (AvgIpc) is 3.51. The Kier molecular flexibility index (Phi) is 6.22. The number of anilines is 2. The molecule has 0 bridgehead atoms. The summed E-state index contributed by atoms with van der Waals surface area (Å²) in [6, 6.07) is 37.3. The molecule has 47 heavy (non-hydrogen) atoms. The average molecular weight is 608 g/mol. The van der Waals surface area contributed by atoms with Gasteiger partial charge in [0.1, 0.15) is 0 Å². The highest BCUT2D eigenvalue weighted by Crippen LogP contribution is 2.56. The first-order valence-electron chi connectivity index (χ1n) is 17.4. The van der Waals surface area contributed by atoms with E-state index in [2.05, 4.69) is 172 Å². The first-order valence-corrected chi connectivity index (χ1v) is 17.4. The number of fused-ring (bicyclic) bond motifs is 8. The highest BCUT2D eigenvalue weighted by Gasteiger charge is 2.42. The number of hydrogen-bond donors (Lipinski definition) is 0. The van der Waals surface area contributed by atoms with Crippen LogP contribution in [0.4, 0.5) is 11.4 Å². The van der Waals surface area contributed by atoms with Gasteiger partial charge in [0.15, 0.2) is 0 Å². The minimum Gasteiger partial charge on any atom is -0.314 e. The fraction of sp³-hybridized carbons (Fsp3) is 0.217. The Labute approximate surface area is 279 Å². The molecule has 0 aliphatic heterocycles. The molecule has 2 unspecified atom stereocenters. The largest absolute Gasteiger partial charge is 0.314 e. The molecule has 0 saturated heterocycles. The van der Waals surface area contributed by atoms with Crippen molar-refractivity contribution in [3.63, 3.8) is 0 Å². The lowest BCUT2D eigenvalue weighted by Crippen LogP contribution is -2.28. The molecule has 0 saturated carbocycles. The van der Waals surface area contributed by atoms with Crippen LogP contribution in [0.15, 0.2) is 145 Å². The zero-order chi connectivity index (χ0) is 31.9. The minimum atomic E-state index is -0.0652. The van der Waals surface area contributed by atoms with Crippen LogP contribution in [0.25, 0.3) is 33.0 Å². The van der Waals surface area contributed by atoms with Crippen LogP contribution in [0.3, 0.4) is 0 Å². The van der Waals surface area contributed by atoms with E-state index in [1.807, 2.05) is 0 Å². The number of rotatable bonds is 5. The Balaban J connectivity index is 1.27. The highest BCUT2D eigenvalue weighted by molar-refractivity contribution is 5.95. The van der Waals surface area contributed by atoms with Gasteiger partial charge in [-0.3, -0.25) is 0 Å². The maximum atomic E-state index is 2.56. The zero-order valence-corrected chi connectivity index (χ0v) is 27.8. The Hall–Kier alpha value is -4.88. The molecule has 1 nitrogen and oxygen atoms in total. The Morgan fingerprint density at radius 1 is 0.553 bits per heavy atom. The van der Waals surface area contributed by atoms with Crippen molar-refractivity contribution >= 4 is 22.1 Å². The van der Waals surface area contributed by atoms with Gasteiger partial charge < -0.3 is 4.90 Å². The predicted octanol–water partition coefficient (Wildman–Crippen LogP) is 12.2. The van der Waals surface area contributed by atoms with Crippen LogP contribution in [0.5, 0.6) is 0 Å². The van der Waals surface area contributed by atoms with Gasteiger partial charge in [0.05, 0.1) is 0 Å². The quantitative estimate of drug-likeness (QED) is 0.192. The summed E-state index contributed by atoms with van der Waals surface area (Å²) in [5, 5.41) is 2.64. The van der Waals surface area contributed by atoms with E-state index >= 15 is 0 Å². The molecule has 0 spiro atoms. The predicted molar refractivity (Wildman–Crippen MR) is 199 cm³/mol. The molecule has 5 aromatic carbocycles. The molecule has 2 atom stereocenters. The second-order valence-corrected chi connectivity index (χ2v) is 14.3. The van der Waals surface area contributed by atoms with E-state index in [-0.39, 0.29) is 16.7 Å². The maximum Gasteiger partial charge on any atom is 0.0465 e. The van der Waals surface area contributed by atoms with Gasteiger partial charge >= 0.3 is 0 Å². The summed E-state index contributed by atoms with van der Waals surface area (Å²) in [7, 11) is 0. The summed E-state index contributed by atoms with van der Waals surface area (Å²) in [5.41, 5.74) is 15.0. The molecule has 0 radical (unpaired) electrons. The van der Waals surface area contributed by atoms with Gasteiger partial charge in [-0.05, 0) is 111 Å². The molecule has 4 aliphatic carbocycles. The highest BCUT2D eigenvalue weighted by atomic mass is 15.2. The Morgan fingerprint density at radius 3 is 2.04 bits per heavy atom. The van der Waals surface area contributed by atoms with Crippen LogP contribution in [-0.4, -0.2) is 0 Å². The van der Waals surface area contributed by atoms with Crippen molar-refractivity contribution in [3.8, 4) is 22.3 Å². The van der Waals surface area contributed by atoms with Crippen LogP contribution in [0.2, 0.25) is 0 Å². The van der Waals surface area contributed by atoms with Gasteiger partial charge in [0, 0.05) is 39.7 Å². The summed E-state index contributed by atoms with van der Waals surface area (Å²) < 4.78 is 0. The van der Waals surface area contributed by atoms with Crippen molar-refractivity contribution in [3.05, 3.63) is 168 Å². The molecule has 0 fully saturated rings. The molecule has 0 N–H and O–H groups in total. The van der Waals surface area contributed by atoms with Gasteiger partial charge in [-0.1, -0.05) is 125 Å². The molecule has 0 heterocycles. The van der Waals surface area contributed by atoms with Crippen LogP contribution in [0.1, 0.15) is 62.8 Å². The smallest absolute Gasteiger partial charge is 0.0465 e. The van der Waals surface area contributed by atoms with E-state index in [1.165, 1.54) is 72.4 Å². The summed E-state index contributed by atoms with van der Waals surface area (Å²) in [5.74, 6) is 0.630. The maximum absolute atomic E-state index is 2.56. The summed E-state index contributed by atoms with van der Waals surface area (Å²) in [4.78, 5) is 2.56. The monoisotopic (exact) mass is 607 g/mol. The fourth-order valence-electron chi connectivity index (χ4n) is 9.33. The topological polar surface area (TPSA) is 3.24 Å². The van der Waals surface area contributed by atoms with Crippen molar-refractivity contribution in [2.75, 3.05) is 4.90 Å². The molecule has 230 valence electrons. The number of nitrogens with zero attached hydrogens (tertiary/aromatic N) is 1. The first kappa shape index (κ1) is 28.4. The van der Waals surface area contributed by atoms with Crippen molar-refractivity contribution in [2.24, 2.45) is 11.8 Å². The molecule has 4 aliphatic rings. The molecule has 0 amide bonds. The zero-order valence-electron chi connectivity index (χ0n) is 27.8. The fourth-order valence-corrected chi connectivity index (χ4v) is 9.33. The van der Waals surface area contributed by atoms with Crippen LogP contribution < -0.4 is 4.90 Å². The van der Waals surface area contributed by atoms with E-state index < -0.39 is 0 Å². The minimum absolute atomic E-state index is 0.0241. The first-order chi connectivity index (χ1) is 22.9. The van der Waals surface area contributed by atoms with Crippen LogP contribution >= 0.6 is 0 Å². The summed E-state index contributed by atoms with van der Waals surface area (Å²) in [6.07, 6.45) is 18.3. The van der Waals surface area contributed by atoms with Crippen molar-refractivity contribution in [1.29, 1.82) is 0 Å². The number of allylic oxidation sites excluding steroid dienone is 7. The van der Waals surface area contributed by atoms with Crippen LogP contribution in [-0.2, 0) is 10.8 Å². The normalized spacial score (nSPS) is 20.3. The van der Waals surface area contributed by atoms with E-state index in [0.29, 0.717) is 5.92 Å². The molecule has 1 heteroatoms. The second-order valence-electron chi connectivity index (χ2n) is 14.3. The Morgan fingerprint density at radius 2 is 1.21 bits per heavy atom. The van der Waals surface area contributed by atoms with Gasteiger partial charge in [0.25, 0.3) is 0 Å². The van der Waals surface area contributed by atoms with E-state index in [4.69, 9.17) is 0 Å². The van der Waals surface area contributed by atoms with Gasteiger partial charge in [0.2, 0.25) is 0 Å². The third kappa shape index (κ3) is 3.96. The van der Waals surface area contributed by atoms with Crippen molar-refractivity contribution in [2.45, 2.75) is 51.4 Å². The lowest BCUT2D eigenvalue weighted by Gasteiger charge is -2.37. The van der Waals surface area contributed by atoms with Gasteiger partial charge in [-0.25, -0.2) is 0 Å². The third-order valence-corrected chi connectivity index (χ3v) is 11.9.